The minimum Gasteiger partial charge on any atom is -0.366 e. The summed E-state index contributed by atoms with van der Waals surface area (Å²) in [6.45, 7) is 5.43. The smallest absolute Gasteiger partial charge is 0.366 e. The van der Waals surface area contributed by atoms with E-state index in [1.165, 1.54) is 6.07 Å². The van der Waals surface area contributed by atoms with Gasteiger partial charge < -0.3 is 15.4 Å². The van der Waals surface area contributed by atoms with Crippen LogP contribution in [-0.4, -0.2) is 38.3 Å². The summed E-state index contributed by atoms with van der Waals surface area (Å²) in [5.41, 5.74) is -0.788. The molecule has 0 aromatic heterocycles. The van der Waals surface area contributed by atoms with Crippen LogP contribution in [0.15, 0.2) is 24.3 Å². The molecule has 1 fully saturated rings. The van der Waals surface area contributed by atoms with Crippen molar-refractivity contribution in [1.82, 2.24) is 10.6 Å². The van der Waals surface area contributed by atoms with Gasteiger partial charge in [-0.15, -0.1) is 0 Å². The van der Waals surface area contributed by atoms with Crippen LogP contribution >= 0.6 is 0 Å². The molecule has 1 aliphatic heterocycles. The number of ether oxygens (including phenoxy) is 1. The molecule has 1 saturated heterocycles. The summed E-state index contributed by atoms with van der Waals surface area (Å²) in [6, 6.07) is 5.19. The van der Waals surface area contributed by atoms with E-state index in [0.717, 1.165) is 12.1 Å². The van der Waals surface area contributed by atoms with Gasteiger partial charge in [0.1, 0.15) is 6.10 Å². The maximum atomic E-state index is 12.8. The first-order chi connectivity index (χ1) is 10.7. The highest BCUT2D eigenvalue weighted by Gasteiger charge is 2.32. The Hall–Kier alpha value is -1.60. The molecule has 1 unspecified atom stereocenters. The second-order valence-electron chi connectivity index (χ2n) is 6.24. The van der Waals surface area contributed by atoms with Gasteiger partial charge in [-0.1, -0.05) is 32.0 Å². The second-order valence-corrected chi connectivity index (χ2v) is 6.24. The first kappa shape index (κ1) is 17.7. The van der Waals surface area contributed by atoms with Gasteiger partial charge in [0.15, 0.2) is 0 Å². The summed E-state index contributed by atoms with van der Waals surface area (Å²) in [4.78, 5) is 12.0. The summed E-state index contributed by atoms with van der Waals surface area (Å²) in [6.07, 6.45) is -4.93. The zero-order valence-corrected chi connectivity index (χ0v) is 13.2. The van der Waals surface area contributed by atoms with Crippen LogP contribution in [0, 0.1) is 0 Å². The molecule has 1 heterocycles. The molecule has 1 amide bonds. The molecule has 2 N–H and O–H groups in total. The van der Waals surface area contributed by atoms with Crippen LogP contribution in [0.3, 0.4) is 0 Å². The number of nitrogens with one attached hydrogen (secondary N) is 2. The van der Waals surface area contributed by atoms with Crippen molar-refractivity contribution in [2.24, 2.45) is 0 Å². The third-order valence-corrected chi connectivity index (χ3v) is 3.90. The van der Waals surface area contributed by atoms with Crippen molar-refractivity contribution in [3.8, 4) is 0 Å². The highest BCUT2D eigenvalue weighted by Crippen LogP contribution is 2.32. The number of carbonyl (C=O) groups excluding carboxylic acids is 1. The number of amides is 1. The van der Waals surface area contributed by atoms with E-state index in [9.17, 15) is 18.0 Å². The Kier molecular flexibility index (Phi) is 5.31. The van der Waals surface area contributed by atoms with E-state index in [0.29, 0.717) is 25.3 Å². The van der Waals surface area contributed by atoms with Crippen LogP contribution in [-0.2, 0) is 21.1 Å². The molecule has 0 bridgehead atoms. The lowest BCUT2D eigenvalue weighted by Gasteiger charge is -2.28. The number of halogens is 3. The molecule has 0 spiro atoms. The Morgan fingerprint density at radius 3 is 2.65 bits per heavy atom. The van der Waals surface area contributed by atoms with Crippen LogP contribution in [0.25, 0.3) is 0 Å². The third-order valence-electron chi connectivity index (χ3n) is 3.90. The van der Waals surface area contributed by atoms with Gasteiger partial charge in [-0.2, -0.15) is 13.2 Å². The first-order valence-electron chi connectivity index (χ1n) is 7.48. The third kappa shape index (κ3) is 4.68. The Labute approximate surface area is 133 Å². The molecule has 128 valence electrons. The molecular formula is C16H21F3N2O2. The average Bonchev–Trinajstić information content (AvgIpc) is 2.53. The maximum absolute atomic E-state index is 12.8. The summed E-state index contributed by atoms with van der Waals surface area (Å²) in [5, 5.41) is 5.82. The zero-order chi connectivity index (χ0) is 17.1. The summed E-state index contributed by atoms with van der Waals surface area (Å²) in [5.74, 6) is -0.253. The molecule has 1 aromatic rings. The van der Waals surface area contributed by atoms with Crippen molar-refractivity contribution >= 4 is 5.91 Å². The van der Waals surface area contributed by atoms with Crippen LogP contribution < -0.4 is 10.6 Å². The molecule has 1 aromatic carbocycles. The van der Waals surface area contributed by atoms with Crippen molar-refractivity contribution in [1.29, 1.82) is 0 Å². The predicted molar refractivity (Wildman–Crippen MR) is 80.1 cm³/mol. The Morgan fingerprint density at radius 2 is 2.04 bits per heavy atom. The van der Waals surface area contributed by atoms with E-state index in [1.54, 1.807) is 19.9 Å². The fraction of sp³-hybridized carbons (Fsp3) is 0.562. The van der Waals surface area contributed by atoms with E-state index in [4.69, 9.17) is 4.74 Å². The number of benzene rings is 1. The lowest BCUT2D eigenvalue weighted by molar-refractivity contribution is -0.137. The second kappa shape index (κ2) is 6.88. The molecule has 0 aliphatic carbocycles. The number of morpholine rings is 1. The van der Waals surface area contributed by atoms with Gasteiger partial charge in [0.2, 0.25) is 5.91 Å². The summed E-state index contributed by atoms with van der Waals surface area (Å²) >= 11 is 0. The molecule has 0 saturated carbocycles. The highest BCUT2D eigenvalue weighted by atomic mass is 19.4. The largest absolute Gasteiger partial charge is 0.416 e. The number of hydrogen-bond donors (Lipinski definition) is 2. The van der Waals surface area contributed by atoms with Gasteiger partial charge in [0.05, 0.1) is 12.2 Å². The van der Waals surface area contributed by atoms with Crippen molar-refractivity contribution in [2.45, 2.75) is 31.5 Å². The van der Waals surface area contributed by atoms with E-state index in [-0.39, 0.29) is 12.5 Å². The van der Waals surface area contributed by atoms with Crippen molar-refractivity contribution in [3.63, 3.8) is 0 Å². The maximum Gasteiger partial charge on any atom is 0.416 e. The van der Waals surface area contributed by atoms with E-state index in [2.05, 4.69) is 10.6 Å². The molecule has 23 heavy (non-hydrogen) atoms. The summed E-state index contributed by atoms with van der Waals surface area (Å²) < 4.78 is 43.8. The Morgan fingerprint density at radius 1 is 1.35 bits per heavy atom. The SMILES string of the molecule is CC(C)(CNC(=O)C1CNCCO1)c1cccc(C(F)(F)F)c1. The first-order valence-corrected chi connectivity index (χ1v) is 7.48. The number of carbonyl (C=O) groups is 1. The minimum atomic E-state index is -4.38. The van der Waals surface area contributed by atoms with E-state index in [1.807, 2.05) is 0 Å². The van der Waals surface area contributed by atoms with Gasteiger partial charge >= 0.3 is 6.18 Å². The normalized spacial score (nSPS) is 19.4. The van der Waals surface area contributed by atoms with Gasteiger partial charge in [-0.3, -0.25) is 4.79 Å². The standard InChI is InChI=1S/C16H21F3N2O2/c1-15(2,10-21-14(22)13-9-20-6-7-23-13)11-4-3-5-12(8-11)16(17,18)19/h3-5,8,13,20H,6-7,9-10H2,1-2H3,(H,21,22). The molecule has 2 rings (SSSR count). The average molecular weight is 330 g/mol. The van der Waals surface area contributed by atoms with Crippen molar-refractivity contribution in [3.05, 3.63) is 35.4 Å². The van der Waals surface area contributed by atoms with E-state index >= 15 is 0 Å². The fourth-order valence-electron chi connectivity index (χ4n) is 2.37. The predicted octanol–water partition coefficient (Wildman–Crippen LogP) is 2.09. The highest BCUT2D eigenvalue weighted by molar-refractivity contribution is 5.81. The Bertz CT molecular complexity index is 553. The van der Waals surface area contributed by atoms with Crippen molar-refractivity contribution in [2.75, 3.05) is 26.2 Å². The lowest BCUT2D eigenvalue weighted by Crippen LogP contribution is -2.49. The quantitative estimate of drug-likeness (QED) is 0.889. The van der Waals surface area contributed by atoms with Gasteiger partial charge in [0, 0.05) is 25.0 Å². The fourth-order valence-corrected chi connectivity index (χ4v) is 2.37. The van der Waals surface area contributed by atoms with Gasteiger partial charge in [0.25, 0.3) is 0 Å². The number of hydrogen-bond acceptors (Lipinski definition) is 3. The number of rotatable bonds is 4. The monoisotopic (exact) mass is 330 g/mol. The molecule has 1 atom stereocenters. The topological polar surface area (TPSA) is 50.4 Å². The van der Waals surface area contributed by atoms with Crippen LogP contribution in [0.2, 0.25) is 0 Å². The lowest BCUT2D eigenvalue weighted by atomic mass is 9.83. The molecule has 1 aliphatic rings. The zero-order valence-electron chi connectivity index (χ0n) is 13.2. The summed E-state index contributed by atoms with van der Waals surface area (Å²) in [7, 11) is 0. The van der Waals surface area contributed by atoms with Crippen LogP contribution in [0.4, 0.5) is 13.2 Å². The van der Waals surface area contributed by atoms with Gasteiger partial charge in [-0.25, -0.2) is 0 Å². The van der Waals surface area contributed by atoms with Crippen LogP contribution in [0.1, 0.15) is 25.0 Å². The van der Waals surface area contributed by atoms with Gasteiger partial charge in [-0.05, 0) is 11.6 Å². The molecule has 4 nitrogen and oxygen atoms in total. The minimum absolute atomic E-state index is 0.229. The molecular weight excluding hydrogens is 309 g/mol. The molecule has 7 heteroatoms. The number of alkyl halides is 3. The van der Waals surface area contributed by atoms with Crippen molar-refractivity contribution < 1.29 is 22.7 Å². The van der Waals surface area contributed by atoms with Crippen LogP contribution in [0.5, 0.6) is 0 Å². The van der Waals surface area contributed by atoms with E-state index < -0.39 is 23.3 Å². The molecule has 0 radical (unpaired) electrons. The Balaban J connectivity index is 2.02.